The van der Waals surface area contributed by atoms with Crippen molar-refractivity contribution in [1.82, 2.24) is 4.90 Å². The minimum absolute atomic E-state index is 0.174. The summed E-state index contributed by atoms with van der Waals surface area (Å²) in [7, 11) is 0. The molecule has 1 aliphatic heterocycles. The lowest BCUT2D eigenvalue weighted by atomic mass is 9.98. The Morgan fingerprint density at radius 3 is 2.77 bits per heavy atom. The molecule has 2 aromatic rings. The molecular weight excluding hydrogens is 274 g/mol. The third-order valence-corrected chi connectivity index (χ3v) is 4.22. The van der Waals surface area contributed by atoms with Gasteiger partial charge in [-0.1, -0.05) is 42.5 Å². The van der Waals surface area contributed by atoms with Gasteiger partial charge in [-0.2, -0.15) is 0 Å². The molecule has 1 unspecified atom stereocenters. The Kier molecular flexibility index (Phi) is 4.76. The summed E-state index contributed by atoms with van der Waals surface area (Å²) in [4.78, 5) is 2.36. The van der Waals surface area contributed by atoms with Crippen molar-refractivity contribution in [1.29, 1.82) is 0 Å². The predicted octanol–water partition coefficient (Wildman–Crippen LogP) is 3.36. The van der Waals surface area contributed by atoms with Gasteiger partial charge in [-0.05, 0) is 30.5 Å². The van der Waals surface area contributed by atoms with Gasteiger partial charge in [0.1, 0.15) is 5.75 Å². The van der Waals surface area contributed by atoms with E-state index in [9.17, 15) is 5.11 Å². The van der Waals surface area contributed by atoms with Crippen LogP contribution in [0.4, 0.5) is 0 Å². The van der Waals surface area contributed by atoms with Crippen LogP contribution in [0.15, 0.2) is 48.5 Å². The number of ether oxygens (including phenoxy) is 1. The number of nitrogens with zero attached hydrogens (tertiary/aromatic N) is 1. The molecule has 3 rings (SSSR count). The van der Waals surface area contributed by atoms with Crippen LogP contribution in [0, 0.1) is 0 Å². The molecule has 1 aliphatic rings. The molecule has 1 heterocycles. The van der Waals surface area contributed by atoms with Gasteiger partial charge in [0.2, 0.25) is 0 Å². The van der Waals surface area contributed by atoms with E-state index in [-0.39, 0.29) is 6.10 Å². The number of rotatable bonds is 5. The van der Waals surface area contributed by atoms with Gasteiger partial charge in [0.15, 0.2) is 0 Å². The van der Waals surface area contributed by atoms with Crippen molar-refractivity contribution in [3.8, 4) is 5.75 Å². The van der Waals surface area contributed by atoms with Crippen LogP contribution in [0.2, 0.25) is 0 Å². The van der Waals surface area contributed by atoms with Crippen molar-refractivity contribution in [2.45, 2.75) is 32.6 Å². The van der Waals surface area contributed by atoms with Gasteiger partial charge in [0, 0.05) is 25.2 Å². The van der Waals surface area contributed by atoms with Crippen LogP contribution in [0.5, 0.6) is 5.75 Å². The number of aromatic hydroxyl groups is 1. The molecule has 0 saturated heterocycles. The van der Waals surface area contributed by atoms with Crippen LogP contribution in [0.3, 0.4) is 0 Å². The molecule has 0 saturated carbocycles. The second-order valence-corrected chi connectivity index (χ2v) is 6.01. The van der Waals surface area contributed by atoms with E-state index in [0.29, 0.717) is 12.4 Å². The number of phenols is 1. The first-order valence-electron chi connectivity index (χ1n) is 7.90. The molecule has 0 amide bonds. The average molecular weight is 297 g/mol. The van der Waals surface area contributed by atoms with Crippen molar-refractivity contribution in [2.75, 3.05) is 13.1 Å². The maximum Gasteiger partial charge on any atom is 0.120 e. The zero-order valence-electron chi connectivity index (χ0n) is 13.0. The van der Waals surface area contributed by atoms with E-state index in [0.717, 1.165) is 31.6 Å². The fourth-order valence-electron chi connectivity index (χ4n) is 3.00. The van der Waals surface area contributed by atoms with E-state index in [2.05, 4.69) is 30.0 Å². The lowest BCUT2D eigenvalue weighted by Crippen LogP contribution is -2.36. The molecule has 0 spiro atoms. The molecule has 0 radical (unpaired) electrons. The Hall–Kier alpha value is -1.84. The normalized spacial score (nSPS) is 16.2. The van der Waals surface area contributed by atoms with Crippen LogP contribution >= 0.6 is 0 Å². The molecule has 0 fully saturated rings. The molecule has 0 aliphatic carbocycles. The summed E-state index contributed by atoms with van der Waals surface area (Å²) in [6, 6.07) is 16.1. The quantitative estimate of drug-likeness (QED) is 0.918. The first-order chi connectivity index (χ1) is 10.7. The second kappa shape index (κ2) is 6.95. The smallest absolute Gasteiger partial charge is 0.120 e. The monoisotopic (exact) mass is 297 g/mol. The van der Waals surface area contributed by atoms with Gasteiger partial charge >= 0.3 is 0 Å². The van der Waals surface area contributed by atoms with Crippen molar-refractivity contribution >= 4 is 0 Å². The molecule has 1 atom stereocenters. The highest BCUT2D eigenvalue weighted by Gasteiger charge is 2.20. The largest absolute Gasteiger partial charge is 0.508 e. The molecule has 0 bridgehead atoms. The fraction of sp³-hybridized carbons (Fsp3) is 0.368. The van der Waals surface area contributed by atoms with Gasteiger partial charge in [0.25, 0.3) is 0 Å². The summed E-state index contributed by atoms with van der Waals surface area (Å²) in [6.45, 7) is 5.48. The minimum atomic E-state index is 0.174. The Labute approximate surface area is 132 Å². The van der Waals surface area contributed by atoms with Gasteiger partial charge < -0.3 is 9.84 Å². The number of hydrogen-bond donors (Lipinski definition) is 1. The molecular formula is C19H23NO2. The zero-order chi connectivity index (χ0) is 15.4. The Bertz CT molecular complexity index is 612. The fourth-order valence-corrected chi connectivity index (χ4v) is 3.00. The predicted molar refractivity (Wildman–Crippen MR) is 87.8 cm³/mol. The number of fused-ring (bicyclic) bond motifs is 1. The van der Waals surface area contributed by atoms with Crippen molar-refractivity contribution in [3.05, 3.63) is 65.2 Å². The van der Waals surface area contributed by atoms with Gasteiger partial charge in [-0.25, -0.2) is 0 Å². The average Bonchev–Trinajstić information content (AvgIpc) is 2.55. The highest BCUT2D eigenvalue weighted by Crippen LogP contribution is 2.27. The molecule has 22 heavy (non-hydrogen) atoms. The molecule has 0 aromatic heterocycles. The Morgan fingerprint density at radius 1 is 1.14 bits per heavy atom. The number of benzene rings is 2. The van der Waals surface area contributed by atoms with Crippen LogP contribution in [-0.2, 0) is 24.3 Å². The molecule has 2 aromatic carbocycles. The summed E-state index contributed by atoms with van der Waals surface area (Å²) < 4.78 is 5.94. The summed E-state index contributed by atoms with van der Waals surface area (Å²) in [5, 5.41) is 10.0. The van der Waals surface area contributed by atoms with Crippen molar-refractivity contribution in [2.24, 2.45) is 0 Å². The third-order valence-electron chi connectivity index (χ3n) is 4.22. The minimum Gasteiger partial charge on any atom is -0.508 e. The highest BCUT2D eigenvalue weighted by atomic mass is 16.5. The van der Waals surface area contributed by atoms with Gasteiger partial charge in [0.05, 0.1) is 12.7 Å². The molecule has 1 N–H and O–H groups in total. The van der Waals surface area contributed by atoms with Crippen molar-refractivity contribution in [3.63, 3.8) is 0 Å². The van der Waals surface area contributed by atoms with Crippen LogP contribution in [-0.4, -0.2) is 29.2 Å². The maximum absolute atomic E-state index is 10.0. The molecule has 3 nitrogen and oxygen atoms in total. The van der Waals surface area contributed by atoms with E-state index >= 15 is 0 Å². The zero-order valence-corrected chi connectivity index (χ0v) is 13.0. The van der Waals surface area contributed by atoms with Gasteiger partial charge in [-0.3, -0.25) is 4.90 Å². The van der Waals surface area contributed by atoms with Crippen LogP contribution in [0.1, 0.15) is 23.6 Å². The number of hydrogen-bond acceptors (Lipinski definition) is 3. The SMILES string of the molecule is CC(CN1CCc2cccc(O)c2C1)OCc1ccccc1. The first kappa shape index (κ1) is 15.1. The van der Waals surface area contributed by atoms with E-state index in [1.54, 1.807) is 6.07 Å². The highest BCUT2D eigenvalue weighted by molar-refractivity contribution is 5.40. The van der Waals surface area contributed by atoms with E-state index in [1.165, 1.54) is 11.1 Å². The second-order valence-electron chi connectivity index (χ2n) is 6.01. The lowest BCUT2D eigenvalue weighted by molar-refractivity contribution is 0.0236. The van der Waals surface area contributed by atoms with E-state index in [1.807, 2.05) is 24.3 Å². The standard InChI is InChI=1S/C19H23NO2/c1-15(22-14-16-6-3-2-4-7-16)12-20-11-10-17-8-5-9-19(21)18(17)13-20/h2-9,15,21H,10-14H2,1H3. The number of phenolic OH excluding ortho intramolecular Hbond substituents is 1. The first-order valence-corrected chi connectivity index (χ1v) is 7.90. The van der Waals surface area contributed by atoms with E-state index < -0.39 is 0 Å². The topological polar surface area (TPSA) is 32.7 Å². The molecule has 3 heteroatoms. The summed E-state index contributed by atoms with van der Waals surface area (Å²) in [5.41, 5.74) is 3.55. The van der Waals surface area contributed by atoms with Crippen molar-refractivity contribution < 1.29 is 9.84 Å². The summed E-state index contributed by atoms with van der Waals surface area (Å²) >= 11 is 0. The van der Waals surface area contributed by atoms with E-state index in [4.69, 9.17) is 4.74 Å². The van der Waals surface area contributed by atoms with Gasteiger partial charge in [-0.15, -0.1) is 0 Å². The maximum atomic E-state index is 10.0. The third kappa shape index (κ3) is 3.67. The van der Waals surface area contributed by atoms with Crippen LogP contribution in [0.25, 0.3) is 0 Å². The van der Waals surface area contributed by atoms with Crippen LogP contribution < -0.4 is 0 Å². The Morgan fingerprint density at radius 2 is 1.95 bits per heavy atom. The lowest BCUT2D eigenvalue weighted by Gasteiger charge is -2.31. The summed E-state index contributed by atoms with van der Waals surface area (Å²) in [6.07, 6.45) is 1.17. The summed E-state index contributed by atoms with van der Waals surface area (Å²) in [5.74, 6) is 0.417. The molecule has 116 valence electrons. The Balaban J connectivity index is 1.52.